The van der Waals surface area contributed by atoms with E-state index in [2.05, 4.69) is 24.3 Å². The van der Waals surface area contributed by atoms with Crippen LogP contribution < -0.4 is 11.5 Å². The molecule has 0 bridgehead atoms. The molecule has 1 aliphatic heterocycles. The highest BCUT2D eigenvalue weighted by molar-refractivity contribution is 5.85. The molecule has 1 aromatic carbocycles. The Hall–Kier alpha value is -1.88. The summed E-state index contributed by atoms with van der Waals surface area (Å²) < 4.78 is 0. The van der Waals surface area contributed by atoms with Crippen LogP contribution in [0.25, 0.3) is 0 Å². The maximum absolute atomic E-state index is 12.7. The molecule has 0 aromatic heterocycles. The zero-order chi connectivity index (χ0) is 16.4. The maximum Gasteiger partial charge on any atom is 0.237 e. The zero-order valence-corrected chi connectivity index (χ0v) is 13.4. The molecule has 4 N–H and O–H groups in total. The molecule has 2 aliphatic rings. The molecule has 2 atom stereocenters. The third kappa shape index (κ3) is 3.24. The van der Waals surface area contributed by atoms with Crippen LogP contribution in [0.3, 0.4) is 0 Å². The van der Waals surface area contributed by atoms with Crippen LogP contribution in [-0.2, 0) is 9.59 Å². The lowest BCUT2D eigenvalue weighted by atomic mass is 9.87. The summed E-state index contributed by atoms with van der Waals surface area (Å²) in [6.45, 7) is 1.07. The second-order valence-electron chi connectivity index (χ2n) is 6.96. The van der Waals surface area contributed by atoms with E-state index in [1.165, 1.54) is 5.56 Å². The first kappa shape index (κ1) is 16.0. The van der Waals surface area contributed by atoms with Crippen molar-refractivity contribution in [2.75, 3.05) is 13.1 Å². The zero-order valence-electron chi connectivity index (χ0n) is 13.4. The van der Waals surface area contributed by atoms with Gasteiger partial charge < -0.3 is 16.4 Å². The number of nitrogens with zero attached hydrogens (tertiary/aromatic N) is 1. The topological polar surface area (TPSA) is 89.4 Å². The highest BCUT2D eigenvalue weighted by atomic mass is 16.2. The Labute approximate surface area is 137 Å². The molecule has 2 amide bonds. The number of piperidine rings is 1. The molecule has 124 valence electrons. The van der Waals surface area contributed by atoms with E-state index in [1.807, 2.05) is 11.0 Å². The van der Waals surface area contributed by atoms with E-state index < -0.39 is 11.4 Å². The summed E-state index contributed by atoms with van der Waals surface area (Å²) in [4.78, 5) is 26.0. The lowest BCUT2D eigenvalue weighted by Gasteiger charge is -2.38. The minimum Gasteiger partial charge on any atom is -0.368 e. The van der Waals surface area contributed by atoms with Crippen molar-refractivity contribution < 1.29 is 9.59 Å². The van der Waals surface area contributed by atoms with E-state index in [0.717, 1.165) is 19.3 Å². The van der Waals surface area contributed by atoms with Crippen molar-refractivity contribution >= 4 is 11.8 Å². The first-order valence-corrected chi connectivity index (χ1v) is 8.42. The average molecular weight is 315 g/mol. The van der Waals surface area contributed by atoms with Crippen molar-refractivity contribution in [2.24, 2.45) is 17.4 Å². The van der Waals surface area contributed by atoms with Crippen LogP contribution in [0.5, 0.6) is 0 Å². The Bertz CT molecular complexity index is 579. The third-order valence-corrected chi connectivity index (χ3v) is 5.51. The van der Waals surface area contributed by atoms with Gasteiger partial charge in [-0.05, 0) is 43.6 Å². The molecule has 0 radical (unpaired) electrons. The Morgan fingerprint density at radius 3 is 2.35 bits per heavy atom. The number of amides is 2. The van der Waals surface area contributed by atoms with E-state index in [0.29, 0.717) is 31.8 Å². The Morgan fingerprint density at radius 1 is 1.09 bits per heavy atom. The van der Waals surface area contributed by atoms with Crippen LogP contribution in [0, 0.1) is 5.92 Å². The summed E-state index contributed by atoms with van der Waals surface area (Å²) in [6.07, 6.45) is 3.85. The Morgan fingerprint density at radius 2 is 1.74 bits per heavy atom. The van der Waals surface area contributed by atoms with Gasteiger partial charge in [-0.2, -0.15) is 0 Å². The number of hydrogen-bond donors (Lipinski definition) is 2. The van der Waals surface area contributed by atoms with Crippen molar-refractivity contribution in [1.29, 1.82) is 0 Å². The molecule has 3 rings (SSSR count). The van der Waals surface area contributed by atoms with E-state index >= 15 is 0 Å². The molecule has 0 spiro atoms. The van der Waals surface area contributed by atoms with Crippen molar-refractivity contribution in [3.05, 3.63) is 35.9 Å². The van der Waals surface area contributed by atoms with Gasteiger partial charge >= 0.3 is 0 Å². The van der Waals surface area contributed by atoms with Crippen LogP contribution in [0.15, 0.2) is 30.3 Å². The van der Waals surface area contributed by atoms with Gasteiger partial charge in [-0.1, -0.05) is 30.3 Å². The van der Waals surface area contributed by atoms with Gasteiger partial charge in [-0.25, -0.2) is 0 Å². The van der Waals surface area contributed by atoms with Crippen molar-refractivity contribution in [2.45, 2.75) is 43.6 Å². The number of primary amides is 1. The summed E-state index contributed by atoms with van der Waals surface area (Å²) in [5, 5.41) is 0. The standard InChI is InChI=1S/C18H25N3O2/c19-17(23)18(20)8-10-21(11-9-18)16(22)15-7-6-14(12-15)13-4-2-1-3-5-13/h1-5,14-15H,6-12,20H2,(H2,19,23)/t14-,15-/m1/s1. The second-order valence-corrected chi connectivity index (χ2v) is 6.96. The van der Waals surface area contributed by atoms with Gasteiger partial charge in [-0.15, -0.1) is 0 Å². The molecule has 1 saturated carbocycles. The molecule has 2 fully saturated rings. The number of nitrogens with two attached hydrogens (primary N) is 2. The number of rotatable bonds is 3. The van der Waals surface area contributed by atoms with Crippen molar-refractivity contribution in [1.82, 2.24) is 4.90 Å². The van der Waals surface area contributed by atoms with E-state index in [-0.39, 0.29) is 11.8 Å². The molecule has 5 nitrogen and oxygen atoms in total. The van der Waals surface area contributed by atoms with Crippen LogP contribution in [0.4, 0.5) is 0 Å². The normalized spacial score (nSPS) is 26.9. The molecule has 5 heteroatoms. The monoisotopic (exact) mass is 315 g/mol. The minimum absolute atomic E-state index is 0.0964. The van der Waals surface area contributed by atoms with Gasteiger partial charge in [0, 0.05) is 19.0 Å². The van der Waals surface area contributed by atoms with Gasteiger partial charge in [-0.3, -0.25) is 9.59 Å². The summed E-state index contributed by atoms with van der Waals surface area (Å²) >= 11 is 0. The lowest BCUT2D eigenvalue weighted by Crippen LogP contribution is -2.59. The number of benzene rings is 1. The fraction of sp³-hybridized carbons (Fsp3) is 0.556. The molecule has 1 aromatic rings. The molecule has 1 saturated heterocycles. The van der Waals surface area contributed by atoms with Crippen LogP contribution in [0.1, 0.15) is 43.6 Å². The number of carbonyl (C=O) groups excluding carboxylic acids is 2. The first-order chi connectivity index (χ1) is 11.0. The summed E-state index contributed by atoms with van der Waals surface area (Å²) in [5.41, 5.74) is 11.7. The fourth-order valence-corrected chi connectivity index (χ4v) is 3.86. The lowest BCUT2D eigenvalue weighted by molar-refractivity contribution is -0.139. The van der Waals surface area contributed by atoms with Crippen LogP contribution in [-0.4, -0.2) is 35.3 Å². The molecular weight excluding hydrogens is 290 g/mol. The second kappa shape index (κ2) is 6.32. The Balaban J connectivity index is 1.57. The van der Waals surface area contributed by atoms with Gasteiger partial charge in [0.05, 0.1) is 5.54 Å². The van der Waals surface area contributed by atoms with Crippen LogP contribution in [0.2, 0.25) is 0 Å². The van der Waals surface area contributed by atoms with Gasteiger partial charge in [0.1, 0.15) is 0 Å². The first-order valence-electron chi connectivity index (χ1n) is 8.42. The number of likely N-dealkylation sites (tertiary alicyclic amines) is 1. The van der Waals surface area contributed by atoms with E-state index in [1.54, 1.807) is 0 Å². The largest absolute Gasteiger partial charge is 0.368 e. The highest BCUT2D eigenvalue weighted by Gasteiger charge is 2.40. The van der Waals surface area contributed by atoms with Gasteiger partial charge in [0.2, 0.25) is 11.8 Å². The number of hydrogen-bond acceptors (Lipinski definition) is 3. The molecule has 23 heavy (non-hydrogen) atoms. The van der Waals surface area contributed by atoms with E-state index in [9.17, 15) is 9.59 Å². The van der Waals surface area contributed by atoms with Gasteiger partial charge in [0.15, 0.2) is 0 Å². The maximum atomic E-state index is 12.7. The predicted octanol–water partition coefficient (Wildman–Crippen LogP) is 1.38. The highest BCUT2D eigenvalue weighted by Crippen LogP contribution is 2.39. The average Bonchev–Trinajstić information content (AvgIpc) is 3.05. The minimum atomic E-state index is -0.945. The quantitative estimate of drug-likeness (QED) is 0.883. The summed E-state index contributed by atoms with van der Waals surface area (Å²) in [5.74, 6) is 0.331. The van der Waals surface area contributed by atoms with Crippen molar-refractivity contribution in [3.8, 4) is 0 Å². The van der Waals surface area contributed by atoms with E-state index in [4.69, 9.17) is 11.5 Å². The molecule has 1 heterocycles. The molecule has 1 aliphatic carbocycles. The molecule has 0 unspecified atom stereocenters. The Kier molecular flexibility index (Phi) is 4.39. The number of carbonyl (C=O) groups is 2. The predicted molar refractivity (Wildman–Crippen MR) is 88.5 cm³/mol. The third-order valence-electron chi connectivity index (χ3n) is 5.51. The van der Waals surface area contributed by atoms with Gasteiger partial charge in [0.25, 0.3) is 0 Å². The summed E-state index contributed by atoms with van der Waals surface area (Å²) in [7, 11) is 0. The van der Waals surface area contributed by atoms with Crippen LogP contribution >= 0.6 is 0 Å². The summed E-state index contributed by atoms with van der Waals surface area (Å²) in [6, 6.07) is 10.4. The molecular formula is C18H25N3O2. The van der Waals surface area contributed by atoms with Crippen molar-refractivity contribution in [3.63, 3.8) is 0 Å². The smallest absolute Gasteiger partial charge is 0.237 e. The SMILES string of the molecule is NC(=O)C1(N)CCN(C(=O)[C@@H]2CC[C@@H](c3ccccc3)C2)CC1. The fourth-order valence-electron chi connectivity index (χ4n) is 3.86.